The third kappa shape index (κ3) is 4.76. The van der Waals surface area contributed by atoms with Crippen LogP contribution in [0.2, 0.25) is 0 Å². The summed E-state index contributed by atoms with van der Waals surface area (Å²) >= 11 is 0. The third-order valence-corrected chi connectivity index (χ3v) is 6.63. The van der Waals surface area contributed by atoms with Crippen LogP contribution in [-0.4, -0.2) is 21.0 Å². The average Bonchev–Trinajstić information content (AvgIpc) is 2.88. The van der Waals surface area contributed by atoms with Crippen LogP contribution in [0, 0.1) is 0 Å². The lowest BCUT2D eigenvalue weighted by atomic mass is 9.80. The predicted molar refractivity (Wildman–Crippen MR) is 138 cm³/mol. The van der Waals surface area contributed by atoms with Gasteiger partial charge in [-0.15, -0.1) is 0 Å². The lowest BCUT2D eigenvalue weighted by Crippen LogP contribution is -2.06. The quantitative estimate of drug-likeness (QED) is 0.368. The van der Waals surface area contributed by atoms with Gasteiger partial charge in [0, 0.05) is 23.7 Å². The van der Waals surface area contributed by atoms with Crippen LogP contribution in [0.5, 0.6) is 0 Å². The Kier molecular flexibility index (Phi) is 6.48. The Morgan fingerprint density at radius 3 is 2.68 bits per heavy atom. The van der Waals surface area contributed by atoms with Crippen LogP contribution in [0.4, 0.5) is 0 Å². The molecule has 4 aromatic rings. The van der Waals surface area contributed by atoms with Crippen molar-refractivity contribution in [1.82, 2.24) is 9.97 Å². The van der Waals surface area contributed by atoms with Crippen molar-refractivity contribution in [3.05, 3.63) is 101 Å². The second-order valence-electron chi connectivity index (χ2n) is 8.87. The fraction of sp³-hybridized carbons (Fsp3) is 0.233. The fourth-order valence-corrected chi connectivity index (χ4v) is 4.94. The molecule has 0 spiro atoms. The lowest BCUT2D eigenvalue weighted by molar-refractivity contribution is -0.137. The van der Waals surface area contributed by atoms with Gasteiger partial charge in [0.2, 0.25) is 0 Å². The molecule has 2 aromatic carbocycles. The normalized spacial score (nSPS) is 14.4. The largest absolute Gasteiger partial charge is 0.481 e. The Morgan fingerprint density at radius 2 is 1.76 bits per heavy atom. The number of benzene rings is 2. The summed E-state index contributed by atoms with van der Waals surface area (Å²) in [7, 11) is 0. The number of carboxylic acids is 1. The van der Waals surface area contributed by atoms with Crippen molar-refractivity contribution >= 4 is 33.3 Å². The summed E-state index contributed by atoms with van der Waals surface area (Å²) in [6.07, 6.45) is 12.8. The van der Waals surface area contributed by atoms with Gasteiger partial charge < -0.3 is 5.11 Å². The van der Waals surface area contributed by atoms with Gasteiger partial charge in [-0.2, -0.15) is 0 Å². The van der Waals surface area contributed by atoms with Crippen molar-refractivity contribution in [2.45, 2.75) is 44.9 Å². The maximum absolute atomic E-state index is 10.4. The molecule has 0 atom stereocenters. The van der Waals surface area contributed by atoms with E-state index in [0.29, 0.717) is 12.8 Å². The highest BCUT2D eigenvalue weighted by Crippen LogP contribution is 2.39. The summed E-state index contributed by atoms with van der Waals surface area (Å²) in [6, 6.07) is 21.1. The van der Waals surface area contributed by atoms with Crippen LogP contribution < -0.4 is 0 Å². The Balaban J connectivity index is 0.000000143. The monoisotopic (exact) mass is 448 g/mol. The number of aryl methyl sites for hydroxylation is 2. The molecule has 4 nitrogen and oxygen atoms in total. The van der Waals surface area contributed by atoms with Gasteiger partial charge in [-0.1, -0.05) is 54.1 Å². The second kappa shape index (κ2) is 10.0. The number of hydrogen-bond donors (Lipinski definition) is 1. The minimum absolute atomic E-state index is 0.182. The maximum atomic E-state index is 10.4. The van der Waals surface area contributed by atoms with Crippen molar-refractivity contribution in [3.63, 3.8) is 0 Å². The zero-order chi connectivity index (χ0) is 23.3. The van der Waals surface area contributed by atoms with Crippen LogP contribution >= 0.6 is 0 Å². The van der Waals surface area contributed by atoms with Crippen molar-refractivity contribution < 1.29 is 9.90 Å². The standard InChI is InChI=1S/C18H16.C12H12N2O2/c1-3-7-15-13(5-1)9-11-18-16-8-4-2-6-14(16)10-12-17(15)18;15-11(16)5-1-4-10-7-6-9-3-2-8-13-12(9)14-10/h1,3-5,7-9,11H,2,6,10,12H2;2-3,6-8H,1,4-5H2,(H,15,16). The van der Waals surface area contributed by atoms with Gasteiger partial charge in [0.05, 0.1) is 0 Å². The number of carboxylic acid groups (broad SMARTS) is 1. The molecule has 1 N–H and O–H groups in total. The minimum Gasteiger partial charge on any atom is -0.481 e. The first-order chi connectivity index (χ1) is 16.7. The number of nitrogens with zero attached hydrogens (tertiary/aromatic N) is 2. The summed E-state index contributed by atoms with van der Waals surface area (Å²) in [5, 5.41) is 12.4. The molecule has 0 amide bonds. The highest BCUT2D eigenvalue weighted by molar-refractivity contribution is 5.93. The molecule has 6 rings (SSSR count). The van der Waals surface area contributed by atoms with Crippen molar-refractivity contribution in [2.75, 3.05) is 0 Å². The highest BCUT2D eigenvalue weighted by atomic mass is 16.4. The molecule has 2 aromatic heterocycles. The maximum Gasteiger partial charge on any atom is 0.303 e. The zero-order valence-corrected chi connectivity index (χ0v) is 19.2. The van der Waals surface area contributed by atoms with E-state index in [2.05, 4.69) is 58.5 Å². The first-order valence-corrected chi connectivity index (χ1v) is 12.0. The van der Waals surface area contributed by atoms with Crippen LogP contribution in [0.25, 0.3) is 27.4 Å². The van der Waals surface area contributed by atoms with Gasteiger partial charge >= 0.3 is 5.97 Å². The summed E-state index contributed by atoms with van der Waals surface area (Å²) in [6.45, 7) is 0. The molecule has 34 heavy (non-hydrogen) atoms. The molecule has 4 heteroatoms. The molecular weight excluding hydrogens is 420 g/mol. The van der Waals surface area contributed by atoms with E-state index in [0.717, 1.165) is 16.7 Å². The number of carbonyl (C=O) groups is 1. The molecule has 0 radical (unpaired) electrons. The number of hydrogen-bond acceptors (Lipinski definition) is 3. The molecule has 2 aliphatic rings. The van der Waals surface area contributed by atoms with E-state index >= 15 is 0 Å². The van der Waals surface area contributed by atoms with Crippen molar-refractivity contribution in [1.29, 1.82) is 0 Å². The number of aliphatic carboxylic acids is 1. The second-order valence-corrected chi connectivity index (χ2v) is 8.87. The van der Waals surface area contributed by atoms with E-state index in [1.165, 1.54) is 47.6 Å². The number of fused-ring (bicyclic) bond motifs is 5. The molecule has 0 saturated carbocycles. The Hall–Kier alpha value is -3.79. The Bertz CT molecular complexity index is 1420. The third-order valence-electron chi connectivity index (χ3n) is 6.63. The van der Waals surface area contributed by atoms with Crippen LogP contribution in [0.15, 0.2) is 84.6 Å². The van der Waals surface area contributed by atoms with E-state index in [4.69, 9.17) is 5.11 Å². The molecule has 0 bridgehead atoms. The number of aromatic nitrogens is 2. The van der Waals surface area contributed by atoms with Crippen LogP contribution in [-0.2, 0) is 17.6 Å². The summed E-state index contributed by atoms with van der Waals surface area (Å²) < 4.78 is 0. The average molecular weight is 449 g/mol. The van der Waals surface area contributed by atoms with Gasteiger partial charge in [0.25, 0.3) is 0 Å². The van der Waals surface area contributed by atoms with Crippen LogP contribution in [0.1, 0.15) is 48.9 Å². The van der Waals surface area contributed by atoms with Gasteiger partial charge in [-0.05, 0) is 90.3 Å². The number of allylic oxidation sites excluding steroid dienone is 4. The van der Waals surface area contributed by atoms with Crippen molar-refractivity contribution in [3.8, 4) is 0 Å². The van der Waals surface area contributed by atoms with Gasteiger partial charge in [0.1, 0.15) is 0 Å². The zero-order valence-electron chi connectivity index (χ0n) is 19.2. The Morgan fingerprint density at radius 1 is 0.912 bits per heavy atom. The van der Waals surface area contributed by atoms with Gasteiger partial charge in [-0.25, -0.2) is 9.97 Å². The first-order valence-electron chi connectivity index (χ1n) is 12.0. The summed E-state index contributed by atoms with van der Waals surface area (Å²) in [5.41, 5.74) is 7.82. The molecule has 0 unspecified atom stereocenters. The van der Waals surface area contributed by atoms with E-state index in [9.17, 15) is 4.79 Å². The smallest absolute Gasteiger partial charge is 0.303 e. The molecule has 0 aliphatic heterocycles. The number of rotatable bonds is 4. The molecule has 0 fully saturated rings. The van der Waals surface area contributed by atoms with E-state index in [-0.39, 0.29) is 6.42 Å². The lowest BCUT2D eigenvalue weighted by Gasteiger charge is -2.25. The SMILES string of the molecule is C1=CC2=C(CC1)CCc1c2ccc2ccccc12.O=C(O)CCCc1ccc2cccnc2n1. The topological polar surface area (TPSA) is 63.1 Å². The van der Waals surface area contributed by atoms with Crippen LogP contribution in [0.3, 0.4) is 0 Å². The fourth-order valence-electron chi connectivity index (χ4n) is 4.94. The van der Waals surface area contributed by atoms with Gasteiger partial charge in [0.15, 0.2) is 5.65 Å². The van der Waals surface area contributed by atoms with Gasteiger partial charge in [-0.3, -0.25) is 4.79 Å². The van der Waals surface area contributed by atoms with Crippen molar-refractivity contribution in [2.24, 2.45) is 0 Å². The van der Waals surface area contributed by atoms with E-state index < -0.39 is 5.97 Å². The highest BCUT2D eigenvalue weighted by Gasteiger charge is 2.20. The number of pyridine rings is 2. The van der Waals surface area contributed by atoms with E-state index in [1.54, 1.807) is 17.3 Å². The minimum atomic E-state index is -0.765. The molecular formula is C30H28N2O2. The molecule has 2 aliphatic carbocycles. The summed E-state index contributed by atoms with van der Waals surface area (Å²) in [4.78, 5) is 18.9. The first kappa shape index (κ1) is 22.0. The molecule has 2 heterocycles. The Labute approximate surface area is 199 Å². The van der Waals surface area contributed by atoms with E-state index in [1.807, 2.05) is 24.3 Å². The predicted octanol–water partition coefficient (Wildman–Crippen LogP) is 6.93. The summed E-state index contributed by atoms with van der Waals surface area (Å²) in [5.74, 6) is -0.765. The molecule has 170 valence electrons. The molecule has 0 saturated heterocycles.